The van der Waals surface area contributed by atoms with Crippen LogP contribution < -0.4 is 0 Å². The lowest BCUT2D eigenvalue weighted by molar-refractivity contribution is -0.121. The van der Waals surface area contributed by atoms with E-state index < -0.39 is 0 Å². The number of thioether (sulfide) groups is 1. The first-order valence-electron chi connectivity index (χ1n) is 11.5. The number of carbonyl (C=O) groups is 1. The molecule has 4 nitrogen and oxygen atoms in total. The Morgan fingerprint density at radius 1 is 0.941 bits per heavy atom. The van der Waals surface area contributed by atoms with E-state index in [1.165, 1.54) is 28.4 Å². The monoisotopic (exact) mass is 465 g/mol. The molecule has 0 atom stereocenters. The van der Waals surface area contributed by atoms with Crippen molar-refractivity contribution >= 4 is 45.4 Å². The Bertz CT molecular complexity index is 1480. The number of amidine groups is 1. The molecule has 34 heavy (non-hydrogen) atoms. The number of aromatic nitrogens is 1. The standard InChI is InChI=1S/C29H27N3OS/c1-5-21-10-8-9-13-26(21)32-19(2)16-24(20(32)3)18-27-28(33)31(4)29(34-27)30-25-15-14-22-11-6-7-12-23(22)17-25/h6-18H,5H2,1-4H3/b27-18-,30-29?. The molecule has 1 aliphatic heterocycles. The molecule has 1 aromatic heterocycles. The Balaban J connectivity index is 1.49. The first kappa shape index (κ1) is 22.2. The second-order valence-electron chi connectivity index (χ2n) is 8.54. The highest BCUT2D eigenvalue weighted by Crippen LogP contribution is 2.35. The van der Waals surface area contributed by atoms with Crippen molar-refractivity contribution in [3.63, 3.8) is 0 Å². The van der Waals surface area contributed by atoms with E-state index in [0.717, 1.165) is 34.4 Å². The number of nitrogens with zero attached hydrogens (tertiary/aromatic N) is 3. The summed E-state index contributed by atoms with van der Waals surface area (Å²) in [5.41, 5.74) is 6.68. The fourth-order valence-electron chi connectivity index (χ4n) is 4.48. The molecule has 1 fully saturated rings. The smallest absolute Gasteiger partial charge is 0.266 e. The Kier molecular flexibility index (Phi) is 5.88. The summed E-state index contributed by atoms with van der Waals surface area (Å²) in [5, 5.41) is 3.00. The Hall–Kier alpha value is -3.57. The van der Waals surface area contributed by atoms with E-state index >= 15 is 0 Å². The minimum Gasteiger partial charge on any atom is -0.318 e. The summed E-state index contributed by atoms with van der Waals surface area (Å²) in [6.07, 6.45) is 2.97. The molecule has 3 aromatic carbocycles. The van der Waals surface area contributed by atoms with Crippen molar-refractivity contribution in [3.05, 3.63) is 100 Å². The lowest BCUT2D eigenvalue weighted by Crippen LogP contribution is -2.23. The van der Waals surface area contributed by atoms with Gasteiger partial charge < -0.3 is 4.57 Å². The van der Waals surface area contributed by atoms with Crippen LogP contribution in [0.25, 0.3) is 22.5 Å². The number of carbonyl (C=O) groups excluding carboxylic acids is 1. The van der Waals surface area contributed by atoms with Gasteiger partial charge in [-0.25, -0.2) is 4.99 Å². The van der Waals surface area contributed by atoms with Crippen molar-refractivity contribution in [1.29, 1.82) is 0 Å². The number of aryl methyl sites for hydroxylation is 2. The molecule has 1 saturated heterocycles. The molecule has 4 aromatic rings. The molecular weight excluding hydrogens is 438 g/mol. The van der Waals surface area contributed by atoms with Crippen LogP contribution in [0.3, 0.4) is 0 Å². The Morgan fingerprint density at radius 2 is 1.68 bits per heavy atom. The molecule has 170 valence electrons. The first-order valence-corrected chi connectivity index (χ1v) is 12.3. The number of rotatable bonds is 4. The summed E-state index contributed by atoms with van der Waals surface area (Å²) in [4.78, 5) is 20.2. The Labute approximate surface area is 204 Å². The Morgan fingerprint density at radius 3 is 2.47 bits per heavy atom. The number of aliphatic imine (C=N–C) groups is 1. The van der Waals surface area contributed by atoms with Gasteiger partial charge in [-0.3, -0.25) is 9.69 Å². The first-order chi connectivity index (χ1) is 16.5. The van der Waals surface area contributed by atoms with Crippen molar-refractivity contribution in [2.24, 2.45) is 4.99 Å². The summed E-state index contributed by atoms with van der Waals surface area (Å²) >= 11 is 1.43. The van der Waals surface area contributed by atoms with E-state index in [0.29, 0.717) is 10.1 Å². The lowest BCUT2D eigenvalue weighted by Gasteiger charge is -2.14. The molecule has 0 saturated carbocycles. The van der Waals surface area contributed by atoms with Gasteiger partial charge in [0.1, 0.15) is 0 Å². The maximum Gasteiger partial charge on any atom is 0.266 e. The minimum absolute atomic E-state index is 0.0247. The minimum atomic E-state index is -0.0247. The van der Waals surface area contributed by atoms with Gasteiger partial charge in [-0.2, -0.15) is 0 Å². The summed E-state index contributed by atoms with van der Waals surface area (Å²) in [6.45, 7) is 6.41. The van der Waals surface area contributed by atoms with Crippen LogP contribution >= 0.6 is 11.8 Å². The van der Waals surface area contributed by atoms with Gasteiger partial charge in [0.2, 0.25) is 0 Å². The lowest BCUT2D eigenvalue weighted by atomic mass is 10.1. The van der Waals surface area contributed by atoms with Crippen LogP contribution in [0.2, 0.25) is 0 Å². The molecular formula is C29H27N3OS. The molecule has 1 amide bonds. The van der Waals surface area contributed by atoms with Crippen LogP contribution in [0.5, 0.6) is 0 Å². The third-order valence-corrected chi connectivity index (χ3v) is 7.39. The highest BCUT2D eigenvalue weighted by Gasteiger charge is 2.30. The van der Waals surface area contributed by atoms with E-state index in [1.54, 1.807) is 11.9 Å². The SMILES string of the molecule is CCc1ccccc1-n1c(C)cc(/C=C2\SC(=Nc3ccc4ccccc4c3)N(C)C2=O)c1C. The highest BCUT2D eigenvalue weighted by atomic mass is 32.2. The quantitative estimate of drug-likeness (QED) is 0.303. The number of likely N-dealkylation sites (N-methyl/N-ethyl adjacent to an activating group) is 1. The molecule has 0 radical (unpaired) electrons. The fourth-order valence-corrected chi connectivity index (χ4v) is 5.46. The topological polar surface area (TPSA) is 37.6 Å². The third kappa shape index (κ3) is 3.97. The van der Waals surface area contributed by atoms with Gasteiger partial charge >= 0.3 is 0 Å². The van der Waals surface area contributed by atoms with Crippen LogP contribution in [-0.2, 0) is 11.2 Å². The van der Waals surface area contributed by atoms with Gasteiger partial charge in [0.15, 0.2) is 5.17 Å². The summed E-state index contributed by atoms with van der Waals surface area (Å²) in [7, 11) is 1.79. The van der Waals surface area contributed by atoms with Crippen LogP contribution in [0.1, 0.15) is 29.4 Å². The zero-order valence-corrected chi connectivity index (χ0v) is 20.7. The predicted molar refractivity (Wildman–Crippen MR) is 144 cm³/mol. The molecule has 0 aliphatic carbocycles. The number of amides is 1. The van der Waals surface area contributed by atoms with Crippen molar-refractivity contribution in [2.75, 3.05) is 7.05 Å². The second-order valence-corrected chi connectivity index (χ2v) is 9.55. The van der Waals surface area contributed by atoms with Crippen LogP contribution in [0.4, 0.5) is 5.69 Å². The van der Waals surface area contributed by atoms with Crippen molar-refractivity contribution in [2.45, 2.75) is 27.2 Å². The van der Waals surface area contributed by atoms with Gasteiger partial charge in [-0.05, 0) is 84.3 Å². The van der Waals surface area contributed by atoms with E-state index in [2.05, 4.69) is 79.9 Å². The molecule has 1 aliphatic rings. The van der Waals surface area contributed by atoms with Crippen molar-refractivity contribution in [1.82, 2.24) is 9.47 Å². The average Bonchev–Trinajstić information content (AvgIpc) is 3.28. The fraction of sp³-hybridized carbons (Fsp3) is 0.172. The normalized spacial score (nSPS) is 16.4. The molecule has 0 spiro atoms. The molecule has 0 bridgehead atoms. The molecule has 5 heteroatoms. The maximum absolute atomic E-state index is 13.0. The second kappa shape index (κ2) is 8.99. The van der Waals surface area contributed by atoms with Crippen LogP contribution in [0.15, 0.2) is 82.7 Å². The third-order valence-electron chi connectivity index (χ3n) is 6.33. The highest BCUT2D eigenvalue weighted by molar-refractivity contribution is 8.18. The van der Waals surface area contributed by atoms with E-state index in [-0.39, 0.29) is 5.91 Å². The van der Waals surface area contributed by atoms with E-state index in [1.807, 2.05) is 24.3 Å². The van der Waals surface area contributed by atoms with Crippen molar-refractivity contribution < 1.29 is 4.79 Å². The number of benzene rings is 3. The molecule has 0 N–H and O–H groups in total. The molecule has 5 rings (SSSR count). The van der Waals surface area contributed by atoms with Gasteiger partial charge in [-0.15, -0.1) is 0 Å². The largest absolute Gasteiger partial charge is 0.318 e. The van der Waals surface area contributed by atoms with Gasteiger partial charge in [0.05, 0.1) is 10.6 Å². The zero-order chi connectivity index (χ0) is 23.8. The van der Waals surface area contributed by atoms with Crippen LogP contribution in [-0.4, -0.2) is 27.6 Å². The van der Waals surface area contributed by atoms with Gasteiger partial charge in [-0.1, -0.05) is 55.5 Å². The number of hydrogen-bond acceptors (Lipinski definition) is 3. The van der Waals surface area contributed by atoms with E-state index in [9.17, 15) is 4.79 Å². The maximum atomic E-state index is 13.0. The number of fused-ring (bicyclic) bond motifs is 1. The van der Waals surface area contributed by atoms with Gasteiger partial charge in [0.25, 0.3) is 5.91 Å². The average molecular weight is 466 g/mol. The molecule has 2 heterocycles. The predicted octanol–water partition coefficient (Wildman–Crippen LogP) is 7.04. The van der Waals surface area contributed by atoms with Gasteiger partial charge in [0, 0.05) is 24.1 Å². The van der Waals surface area contributed by atoms with E-state index in [4.69, 9.17) is 4.99 Å². The molecule has 0 unspecified atom stereocenters. The number of para-hydroxylation sites is 1. The van der Waals surface area contributed by atoms with Crippen molar-refractivity contribution in [3.8, 4) is 5.69 Å². The number of hydrogen-bond donors (Lipinski definition) is 0. The zero-order valence-electron chi connectivity index (χ0n) is 19.9. The summed E-state index contributed by atoms with van der Waals surface area (Å²) in [6, 6.07) is 25.0. The summed E-state index contributed by atoms with van der Waals surface area (Å²) < 4.78 is 2.28. The summed E-state index contributed by atoms with van der Waals surface area (Å²) in [5.74, 6) is -0.0247. The van der Waals surface area contributed by atoms with Crippen LogP contribution in [0, 0.1) is 13.8 Å².